The number of ether oxygens (including phenoxy) is 1. The minimum absolute atomic E-state index is 0.163. The van der Waals surface area contributed by atoms with Gasteiger partial charge in [-0.25, -0.2) is 9.97 Å². The SMILES string of the molecule is Cc1ccc(S(=O)(=O)n2nc(C3CCN(c4ccc5nc(N6CCOCC6)sc5n4)CC3)c3ccccc32)cc1. The zero-order valence-electron chi connectivity index (χ0n) is 22.2. The lowest BCUT2D eigenvalue weighted by molar-refractivity contribution is 0.122. The van der Waals surface area contributed by atoms with Crippen LogP contribution in [0.2, 0.25) is 0 Å². The van der Waals surface area contributed by atoms with Crippen molar-refractivity contribution in [3.8, 4) is 0 Å². The molecule has 5 aromatic rings. The lowest BCUT2D eigenvalue weighted by Crippen LogP contribution is -2.36. The van der Waals surface area contributed by atoms with E-state index in [-0.39, 0.29) is 10.8 Å². The van der Waals surface area contributed by atoms with Crippen molar-refractivity contribution in [2.24, 2.45) is 0 Å². The highest BCUT2D eigenvalue weighted by atomic mass is 32.2. The average molecular weight is 575 g/mol. The fourth-order valence-corrected chi connectivity index (χ4v) is 7.88. The first kappa shape index (κ1) is 25.4. The van der Waals surface area contributed by atoms with Crippen molar-refractivity contribution in [3.05, 3.63) is 71.9 Å². The Hall–Kier alpha value is -3.54. The summed E-state index contributed by atoms with van der Waals surface area (Å²) in [5, 5.41) is 6.65. The largest absolute Gasteiger partial charge is 0.378 e. The second-order valence-corrected chi connectivity index (χ2v) is 13.1. The molecule has 2 aliphatic heterocycles. The van der Waals surface area contributed by atoms with E-state index in [2.05, 4.69) is 21.9 Å². The molecule has 2 aromatic carbocycles. The van der Waals surface area contributed by atoms with E-state index in [9.17, 15) is 8.42 Å². The first-order chi connectivity index (χ1) is 19.5. The van der Waals surface area contributed by atoms with Crippen LogP contribution >= 0.6 is 11.3 Å². The number of pyridine rings is 1. The first-order valence-corrected chi connectivity index (χ1v) is 15.9. The van der Waals surface area contributed by atoms with Gasteiger partial charge < -0.3 is 14.5 Å². The number of thiazole rings is 1. The van der Waals surface area contributed by atoms with Gasteiger partial charge in [-0.15, -0.1) is 0 Å². The van der Waals surface area contributed by atoms with E-state index >= 15 is 0 Å². The Morgan fingerprint density at radius 2 is 1.62 bits per heavy atom. The molecule has 11 heteroatoms. The number of morpholine rings is 1. The van der Waals surface area contributed by atoms with E-state index in [1.54, 1.807) is 23.5 Å². The van der Waals surface area contributed by atoms with Gasteiger partial charge in [0.2, 0.25) is 0 Å². The molecule has 0 N–H and O–H groups in total. The number of nitrogens with zero attached hydrogens (tertiary/aromatic N) is 6. The molecule has 0 radical (unpaired) electrons. The van der Waals surface area contributed by atoms with Crippen LogP contribution in [0.1, 0.15) is 30.0 Å². The number of benzene rings is 2. The van der Waals surface area contributed by atoms with Gasteiger partial charge in [0.05, 0.1) is 29.3 Å². The molecule has 0 spiro atoms. The van der Waals surface area contributed by atoms with Gasteiger partial charge in [0.1, 0.15) is 16.2 Å². The number of aromatic nitrogens is 4. The van der Waals surface area contributed by atoms with Crippen molar-refractivity contribution in [2.45, 2.75) is 30.6 Å². The Labute approximate surface area is 237 Å². The molecule has 0 atom stereocenters. The van der Waals surface area contributed by atoms with Gasteiger partial charge in [0, 0.05) is 37.5 Å². The second-order valence-electron chi connectivity index (χ2n) is 10.4. The number of anilines is 2. The summed E-state index contributed by atoms with van der Waals surface area (Å²) in [5.74, 6) is 1.12. The van der Waals surface area contributed by atoms with Crippen molar-refractivity contribution >= 4 is 53.6 Å². The maximum atomic E-state index is 13.6. The van der Waals surface area contributed by atoms with Crippen molar-refractivity contribution in [1.82, 2.24) is 19.2 Å². The molecule has 206 valence electrons. The third-order valence-electron chi connectivity index (χ3n) is 7.85. The molecule has 2 aliphatic rings. The second kappa shape index (κ2) is 10.1. The van der Waals surface area contributed by atoms with Crippen LogP contribution in [0, 0.1) is 6.92 Å². The molecule has 0 bridgehead atoms. The number of rotatable bonds is 5. The van der Waals surface area contributed by atoms with E-state index in [1.165, 1.54) is 4.09 Å². The van der Waals surface area contributed by atoms with Crippen molar-refractivity contribution in [2.75, 3.05) is 49.2 Å². The van der Waals surface area contributed by atoms with E-state index in [4.69, 9.17) is 19.8 Å². The number of piperidine rings is 1. The van der Waals surface area contributed by atoms with Crippen LogP contribution in [-0.2, 0) is 14.8 Å². The molecular formula is C29H30N6O3S2. The molecule has 2 fully saturated rings. The van der Waals surface area contributed by atoms with Gasteiger partial charge in [-0.2, -0.15) is 17.6 Å². The lowest BCUT2D eigenvalue weighted by Gasteiger charge is -2.32. The molecule has 7 rings (SSSR count). The quantitative estimate of drug-likeness (QED) is 0.295. The monoisotopic (exact) mass is 574 g/mol. The van der Waals surface area contributed by atoms with Gasteiger partial charge in [0.25, 0.3) is 10.0 Å². The third kappa shape index (κ3) is 4.51. The van der Waals surface area contributed by atoms with Gasteiger partial charge >= 0.3 is 0 Å². The minimum Gasteiger partial charge on any atom is -0.378 e. The molecule has 40 heavy (non-hydrogen) atoms. The highest BCUT2D eigenvalue weighted by Crippen LogP contribution is 2.36. The molecular weight excluding hydrogens is 544 g/mol. The summed E-state index contributed by atoms with van der Waals surface area (Å²) in [6.45, 7) is 6.77. The van der Waals surface area contributed by atoms with Crippen LogP contribution in [-0.4, -0.2) is 67.0 Å². The van der Waals surface area contributed by atoms with Crippen molar-refractivity contribution in [1.29, 1.82) is 0 Å². The number of para-hydroxylation sites is 1. The van der Waals surface area contributed by atoms with Gasteiger partial charge in [-0.05, 0) is 50.1 Å². The minimum atomic E-state index is -3.81. The Morgan fingerprint density at radius 3 is 2.40 bits per heavy atom. The first-order valence-electron chi connectivity index (χ1n) is 13.6. The van der Waals surface area contributed by atoms with E-state index in [0.29, 0.717) is 5.52 Å². The number of fused-ring (bicyclic) bond motifs is 2. The average Bonchev–Trinajstić information content (AvgIpc) is 3.60. The van der Waals surface area contributed by atoms with Gasteiger partial charge in [-0.3, -0.25) is 0 Å². The zero-order valence-corrected chi connectivity index (χ0v) is 23.9. The fourth-order valence-electron chi connectivity index (χ4n) is 5.60. The number of hydrogen-bond acceptors (Lipinski definition) is 9. The topological polar surface area (TPSA) is 93.5 Å². The molecule has 5 heterocycles. The summed E-state index contributed by atoms with van der Waals surface area (Å²) in [4.78, 5) is 15.5. The van der Waals surface area contributed by atoms with E-state index in [1.807, 2.05) is 43.3 Å². The van der Waals surface area contributed by atoms with E-state index < -0.39 is 10.0 Å². The summed E-state index contributed by atoms with van der Waals surface area (Å²) in [5.41, 5.74) is 3.41. The number of hydrogen-bond donors (Lipinski definition) is 0. The Kier molecular flexibility index (Phi) is 6.44. The number of aryl methyl sites for hydroxylation is 1. The maximum absolute atomic E-state index is 13.6. The summed E-state index contributed by atoms with van der Waals surface area (Å²) in [6, 6.07) is 18.7. The highest BCUT2D eigenvalue weighted by molar-refractivity contribution is 7.90. The van der Waals surface area contributed by atoms with Crippen molar-refractivity contribution in [3.63, 3.8) is 0 Å². The van der Waals surface area contributed by atoms with Gasteiger partial charge in [-0.1, -0.05) is 47.2 Å². The molecule has 2 saturated heterocycles. The Bertz CT molecular complexity index is 1780. The van der Waals surface area contributed by atoms with Gasteiger partial charge in [0.15, 0.2) is 5.13 Å². The van der Waals surface area contributed by atoms with Crippen molar-refractivity contribution < 1.29 is 13.2 Å². The summed E-state index contributed by atoms with van der Waals surface area (Å²) < 4.78 is 33.8. The smallest absolute Gasteiger partial charge is 0.283 e. The normalized spacial score (nSPS) is 17.2. The van der Waals surface area contributed by atoms with E-state index in [0.717, 1.165) is 90.2 Å². The summed E-state index contributed by atoms with van der Waals surface area (Å²) >= 11 is 1.64. The molecule has 0 saturated carbocycles. The third-order valence-corrected chi connectivity index (χ3v) is 10.5. The Balaban J connectivity index is 1.13. The molecule has 0 aliphatic carbocycles. The highest BCUT2D eigenvalue weighted by Gasteiger charge is 2.29. The zero-order chi connectivity index (χ0) is 27.3. The molecule has 9 nitrogen and oxygen atoms in total. The molecule has 3 aromatic heterocycles. The predicted molar refractivity (Wildman–Crippen MR) is 158 cm³/mol. The molecule has 0 amide bonds. The van der Waals surface area contributed by atoms with Crippen LogP contribution in [0.25, 0.3) is 21.3 Å². The maximum Gasteiger partial charge on any atom is 0.283 e. The summed E-state index contributed by atoms with van der Waals surface area (Å²) in [7, 11) is -3.81. The van der Waals surface area contributed by atoms with Crippen LogP contribution < -0.4 is 9.80 Å². The fraction of sp³-hybridized carbons (Fsp3) is 0.345. The predicted octanol–water partition coefficient (Wildman–Crippen LogP) is 4.81. The Morgan fingerprint density at radius 1 is 0.875 bits per heavy atom. The van der Waals surface area contributed by atoms with Crippen LogP contribution in [0.4, 0.5) is 10.9 Å². The summed E-state index contributed by atoms with van der Waals surface area (Å²) in [6.07, 6.45) is 1.74. The van der Waals surface area contributed by atoms with Crippen LogP contribution in [0.3, 0.4) is 0 Å². The molecule has 0 unspecified atom stereocenters. The lowest BCUT2D eigenvalue weighted by atomic mass is 9.91. The standard InChI is InChI=1S/C29H30N6O3S2/c1-20-6-8-22(9-7-20)40(36,37)35-25-5-3-2-4-23(25)27(32-35)21-12-14-33(15-13-21)26-11-10-24-28(31-26)39-29(30-24)34-16-18-38-19-17-34/h2-11,21H,12-19H2,1H3. The van der Waals surface area contributed by atoms with Crippen LogP contribution in [0.5, 0.6) is 0 Å². The van der Waals surface area contributed by atoms with Crippen LogP contribution in [0.15, 0.2) is 65.6 Å².